The number of benzene rings is 1. The molecule has 1 aliphatic rings. The summed E-state index contributed by atoms with van der Waals surface area (Å²) in [4.78, 5) is 37.5. The molecule has 0 fully saturated rings. The fourth-order valence-electron chi connectivity index (χ4n) is 2.63. The summed E-state index contributed by atoms with van der Waals surface area (Å²) in [5.41, 5.74) is 1.28. The number of rotatable bonds is 6. The van der Waals surface area contributed by atoms with Gasteiger partial charge in [0.15, 0.2) is 5.16 Å². The molecule has 0 saturated carbocycles. The van der Waals surface area contributed by atoms with E-state index in [1.807, 2.05) is 6.07 Å². The second kappa shape index (κ2) is 8.21. The third kappa shape index (κ3) is 4.27. The molecular formula is C17H19N5O4S. The lowest BCUT2D eigenvalue weighted by Gasteiger charge is -2.28. The summed E-state index contributed by atoms with van der Waals surface area (Å²) in [6.07, 6.45) is 0.0194. The van der Waals surface area contributed by atoms with Crippen LogP contribution in [0.1, 0.15) is 12.7 Å². The number of carbonyl (C=O) groups is 3. The Kier molecular flexibility index (Phi) is 5.75. The van der Waals surface area contributed by atoms with Crippen LogP contribution in [0.25, 0.3) is 0 Å². The predicted octanol–water partition coefficient (Wildman–Crippen LogP) is 0.998. The Balaban J connectivity index is 1.66. The van der Waals surface area contributed by atoms with Gasteiger partial charge in [0.1, 0.15) is 18.8 Å². The zero-order valence-electron chi connectivity index (χ0n) is 15.0. The van der Waals surface area contributed by atoms with E-state index < -0.39 is 0 Å². The Morgan fingerprint density at radius 1 is 1.30 bits per heavy atom. The molecule has 2 aromatic rings. The number of hydrogen-bond acceptors (Lipinski definition) is 7. The Hall–Kier alpha value is -2.88. The van der Waals surface area contributed by atoms with Gasteiger partial charge < -0.3 is 19.5 Å². The van der Waals surface area contributed by atoms with Gasteiger partial charge in [0.2, 0.25) is 11.8 Å². The quantitative estimate of drug-likeness (QED) is 0.580. The number of aromatic nitrogens is 3. The van der Waals surface area contributed by atoms with Crippen LogP contribution < -0.4 is 10.2 Å². The molecule has 2 heterocycles. The molecule has 0 aliphatic carbocycles. The highest BCUT2D eigenvalue weighted by atomic mass is 32.2. The van der Waals surface area contributed by atoms with E-state index in [0.717, 1.165) is 0 Å². The van der Waals surface area contributed by atoms with Crippen LogP contribution in [0.3, 0.4) is 0 Å². The standard InChI is InChI=1S/C17H19N5O4S/c1-3-26-16(25)8-13-19-20-17(21(13)2)27-10-15(24)22-9-14(23)18-11-6-4-5-7-12(11)22/h4-7H,3,8-10H2,1-2H3,(H,18,23). The van der Waals surface area contributed by atoms with Crippen molar-refractivity contribution in [3.63, 3.8) is 0 Å². The molecular weight excluding hydrogens is 370 g/mol. The van der Waals surface area contributed by atoms with E-state index in [1.54, 1.807) is 36.7 Å². The molecule has 9 nitrogen and oxygen atoms in total. The fraction of sp³-hybridized carbons (Fsp3) is 0.353. The van der Waals surface area contributed by atoms with E-state index in [1.165, 1.54) is 16.7 Å². The molecule has 0 unspecified atom stereocenters. The van der Waals surface area contributed by atoms with E-state index in [0.29, 0.717) is 29.0 Å². The van der Waals surface area contributed by atoms with Crippen LogP contribution in [0.15, 0.2) is 29.4 Å². The summed E-state index contributed by atoms with van der Waals surface area (Å²) in [5, 5.41) is 11.3. The maximum atomic E-state index is 12.7. The van der Waals surface area contributed by atoms with Gasteiger partial charge in [0.05, 0.1) is 23.7 Å². The molecule has 0 saturated heterocycles. The first-order chi connectivity index (χ1) is 13.0. The second-order valence-electron chi connectivity index (χ2n) is 5.77. The van der Waals surface area contributed by atoms with Crippen molar-refractivity contribution in [2.24, 2.45) is 7.05 Å². The number of thioether (sulfide) groups is 1. The lowest BCUT2D eigenvalue weighted by atomic mass is 10.2. The van der Waals surface area contributed by atoms with Gasteiger partial charge >= 0.3 is 5.97 Å². The Morgan fingerprint density at radius 2 is 2.07 bits per heavy atom. The molecule has 1 aromatic carbocycles. The monoisotopic (exact) mass is 389 g/mol. The SMILES string of the molecule is CCOC(=O)Cc1nnc(SCC(=O)N2CC(=O)Nc3ccccc32)n1C. The van der Waals surface area contributed by atoms with Crippen LogP contribution in [0.5, 0.6) is 0 Å². The van der Waals surface area contributed by atoms with Crippen molar-refractivity contribution in [3.05, 3.63) is 30.1 Å². The smallest absolute Gasteiger partial charge is 0.313 e. The number of amides is 2. The van der Waals surface area contributed by atoms with E-state index >= 15 is 0 Å². The zero-order chi connectivity index (χ0) is 19.4. The molecule has 142 valence electrons. The third-order valence-electron chi connectivity index (χ3n) is 3.93. The summed E-state index contributed by atoms with van der Waals surface area (Å²) in [6.45, 7) is 2.02. The van der Waals surface area contributed by atoms with Gasteiger partial charge in [-0.25, -0.2) is 0 Å². The highest BCUT2D eigenvalue weighted by Gasteiger charge is 2.27. The minimum absolute atomic E-state index is 0.0194. The Labute approximate surface area is 160 Å². The fourth-order valence-corrected chi connectivity index (χ4v) is 3.43. The van der Waals surface area contributed by atoms with Crippen LogP contribution in [0.4, 0.5) is 11.4 Å². The van der Waals surface area contributed by atoms with Crippen LogP contribution >= 0.6 is 11.8 Å². The topological polar surface area (TPSA) is 106 Å². The summed E-state index contributed by atoms with van der Waals surface area (Å²) >= 11 is 1.20. The predicted molar refractivity (Wildman–Crippen MR) is 99.5 cm³/mol. The molecule has 10 heteroatoms. The normalized spacial score (nSPS) is 13.1. The minimum atomic E-state index is -0.378. The maximum Gasteiger partial charge on any atom is 0.313 e. The number of esters is 1. The van der Waals surface area contributed by atoms with E-state index in [4.69, 9.17) is 4.74 Å². The van der Waals surface area contributed by atoms with E-state index in [9.17, 15) is 14.4 Å². The molecule has 1 N–H and O–H groups in total. The first kappa shape index (κ1) is 18.9. The number of para-hydroxylation sites is 2. The number of ether oxygens (including phenoxy) is 1. The molecule has 0 atom stereocenters. The lowest BCUT2D eigenvalue weighted by molar-refractivity contribution is -0.142. The van der Waals surface area contributed by atoms with Gasteiger partial charge in [0.25, 0.3) is 0 Å². The van der Waals surface area contributed by atoms with E-state index in [2.05, 4.69) is 15.5 Å². The van der Waals surface area contributed by atoms with Crippen molar-refractivity contribution >= 4 is 40.9 Å². The van der Waals surface area contributed by atoms with Gasteiger partial charge in [0, 0.05) is 7.05 Å². The summed E-state index contributed by atoms with van der Waals surface area (Å²) in [7, 11) is 1.73. The number of carbonyl (C=O) groups excluding carboxylic acids is 3. The molecule has 2 amide bonds. The number of nitrogens with zero attached hydrogens (tertiary/aromatic N) is 4. The van der Waals surface area contributed by atoms with Crippen molar-refractivity contribution < 1.29 is 19.1 Å². The molecule has 0 radical (unpaired) electrons. The summed E-state index contributed by atoms with van der Waals surface area (Å²) in [5.74, 6) is -0.269. The second-order valence-corrected chi connectivity index (χ2v) is 6.72. The molecule has 1 aliphatic heterocycles. The average molecular weight is 389 g/mol. The Morgan fingerprint density at radius 3 is 2.85 bits per heavy atom. The highest BCUT2D eigenvalue weighted by Crippen LogP contribution is 2.29. The minimum Gasteiger partial charge on any atom is -0.466 e. The van der Waals surface area contributed by atoms with Crippen molar-refractivity contribution in [1.29, 1.82) is 0 Å². The average Bonchev–Trinajstić information content (AvgIpc) is 2.99. The third-order valence-corrected chi connectivity index (χ3v) is 4.93. The maximum absolute atomic E-state index is 12.7. The van der Waals surface area contributed by atoms with Crippen molar-refractivity contribution in [2.45, 2.75) is 18.5 Å². The van der Waals surface area contributed by atoms with Crippen molar-refractivity contribution in [1.82, 2.24) is 14.8 Å². The van der Waals surface area contributed by atoms with E-state index in [-0.39, 0.29) is 36.5 Å². The van der Waals surface area contributed by atoms with Gasteiger partial charge in [-0.1, -0.05) is 23.9 Å². The molecule has 27 heavy (non-hydrogen) atoms. The van der Waals surface area contributed by atoms with Gasteiger partial charge in [-0.15, -0.1) is 10.2 Å². The van der Waals surface area contributed by atoms with Crippen LogP contribution in [-0.4, -0.2) is 51.5 Å². The molecule has 3 rings (SSSR count). The summed E-state index contributed by atoms with van der Waals surface area (Å²) in [6, 6.07) is 7.15. The molecule has 0 bridgehead atoms. The van der Waals surface area contributed by atoms with Crippen LogP contribution in [-0.2, 0) is 32.6 Å². The molecule has 1 aromatic heterocycles. The highest BCUT2D eigenvalue weighted by molar-refractivity contribution is 7.99. The lowest BCUT2D eigenvalue weighted by Crippen LogP contribution is -2.43. The van der Waals surface area contributed by atoms with Crippen LogP contribution in [0.2, 0.25) is 0 Å². The number of fused-ring (bicyclic) bond motifs is 1. The molecule has 0 spiro atoms. The van der Waals surface area contributed by atoms with Gasteiger partial charge in [-0.05, 0) is 19.1 Å². The van der Waals surface area contributed by atoms with Crippen molar-refractivity contribution in [2.75, 3.05) is 29.1 Å². The van der Waals surface area contributed by atoms with Crippen molar-refractivity contribution in [3.8, 4) is 0 Å². The largest absolute Gasteiger partial charge is 0.466 e. The Bertz CT molecular complexity index is 882. The van der Waals surface area contributed by atoms with Gasteiger partial charge in [-0.3, -0.25) is 14.4 Å². The zero-order valence-corrected chi connectivity index (χ0v) is 15.8. The first-order valence-corrected chi connectivity index (χ1v) is 9.34. The van der Waals surface area contributed by atoms with Gasteiger partial charge in [-0.2, -0.15) is 0 Å². The first-order valence-electron chi connectivity index (χ1n) is 8.35. The number of nitrogens with one attached hydrogen (secondary N) is 1. The summed E-state index contributed by atoms with van der Waals surface area (Å²) < 4.78 is 6.56. The van der Waals surface area contributed by atoms with Crippen LogP contribution in [0, 0.1) is 0 Å². The number of anilines is 2. The number of hydrogen-bond donors (Lipinski definition) is 1.